The topological polar surface area (TPSA) is 70.7 Å². The van der Waals surface area contributed by atoms with Gasteiger partial charge in [-0.05, 0) is 45.4 Å². The fourth-order valence-electron chi connectivity index (χ4n) is 2.08. The van der Waals surface area contributed by atoms with Crippen molar-refractivity contribution in [2.45, 2.75) is 38.8 Å². The van der Waals surface area contributed by atoms with Crippen LogP contribution in [0.2, 0.25) is 0 Å². The minimum absolute atomic E-state index is 0.235. The number of hydrogen-bond donors (Lipinski definition) is 2. The summed E-state index contributed by atoms with van der Waals surface area (Å²) in [5, 5.41) is 5.11. The molecule has 0 bridgehead atoms. The summed E-state index contributed by atoms with van der Waals surface area (Å²) in [4.78, 5) is 25.5. The third kappa shape index (κ3) is 5.56. The molecular weight excluding hydrogens is 294 g/mol. The lowest BCUT2D eigenvalue weighted by atomic mass is 10.2. The van der Waals surface area contributed by atoms with E-state index in [1.165, 1.54) is 0 Å². The number of aryl methyl sites for hydroxylation is 1. The summed E-state index contributed by atoms with van der Waals surface area (Å²) in [6.45, 7) is 4.83. The zero-order valence-electron chi connectivity index (χ0n) is 14.0. The molecule has 0 radical (unpaired) electrons. The van der Waals surface area contributed by atoms with Gasteiger partial charge in [-0.25, -0.2) is 4.79 Å². The zero-order chi connectivity index (χ0) is 16.8. The van der Waals surface area contributed by atoms with Gasteiger partial charge in [-0.1, -0.05) is 18.2 Å². The molecule has 2 rings (SSSR count). The number of nitrogens with one attached hydrogen (secondary N) is 2. The number of imide groups is 1. The SMILES string of the molecule is Cc1ccccc1OCCN(C)C(C)C(=O)NC(=O)NC1CC1. The molecule has 1 fully saturated rings. The highest BCUT2D eigenvalue weighted by atomic mass is 16.5. The Morgan fingerprint density at radius 2 is 2.04 bits per heavy atom. The summed E-state index contributed by atoms with van der Waals surface area (Å²) in [6.07, 6.45) is 1.99. The molecule has 0 heterocycles. The van der Waals surface area contributed by atoms with E-state index in [2.05, 4.69) is 10.6 Å². The van der Waals surface area contributed by atoms with E-state index in [1.54, 1.807) is 6.92 Å². The van der Waals surface area contributed by atoms with Gasteiger partial charge in [0.1, 0.15) is 12.4 Å². The fourth-order valence-corrected chi connectivity index (χ4v) is 2.08. The second kappa shape index (κ2) is 7.97. The first kappa shape index (κ1) is 17.3. The highest BCUT2D eigenvalue weighted by Crippen LogP contribution is 2.18. The zero-order valence-corrected chi connectivity index (χ0v) is 14.0. The maximum atomic E-state index is 12.0. The van der Waals surface area contributed by atoms with Crippen LogP contribution in [0.5, 0.6) is 5.75 Å². The van der Waals surface area contributed by atoms with Crippen molar-refractivity contribution >= 4 is 11.9 Å². The number of rotatable bonds is 7. The molecule has 23 heavy (non-hydrogen) atoms. The van der Waals surface area contributed by atoms with Gasteiger partial charge in [-0.3, -0.25) is 15.0 Å². The van der Waals surface area contributed by atoms with Gasteiger partial charge in [0.05, 0.1) is 6.04 Å². The highest BCUT2D eigenvalue weighted by Gasteiger charge is 2.25. The Hall–Kier alpha value is -2.08. The lowest BCUT2D eigenvalue weighted by Crippen LogP contribution is -2.49. The van der Waals surface area contributed by atoms with Crippen LogP contribution in [0.4, 0.5) is 4.79 Å². The average molecular weight is 319 g/mol. The van der Waals surface area contributed by atoms with E-state index in [9.17, 15) is 9.59 Å². The molecule has 3 amide bonds. The summed E-state index contributed by atoms with van der Waals surface area (Å²) >= 11 is 0. The molecule has 1 aliphatic rings. The van der Waals surface area contributed by atoms with E-state index in [0.29, 0.717) is 13.2 Å². The number of urea groups is 1. The maximum Gasteiger partial charge on any atom is 0.321 e. The first-order valence-corrected chi connectivity index (χ1v) is 7.97. The lowest BCUT2D eigenvalue weighted by molar-refractivity contribution is -0.124. The van der Waals surface area contributed by atoms with Crippen molar-refractivity contribution in [1.29, 1.82) is 0 Å². The average Bonchev–Trinajstić information content (AvgIpc) is 3.31. The number of ether oxygens (including phenoxy) is 1. The van der Waals surface area contributed by atoms with Crippen LogP contribution < -0.4 is 15.4 Å². The molecule has 0 saturated heterocycles. The minimum Gasteiger partial charge on any atom is -0.492 e. The van der Waals surface area contributed by atoms with E-state index in [4.69, 9.17) is 4.74 Å². The van der Waals surface area contributed by atoms with Crippen molar-refractivity contribution in [3.63, 3.8) is 0 Å². The smallest absolute Gasteiger partial charge is 0.321 e. The van der Waals surface area contributed by atoms with Crippen LogP contribution in [0.3, 0.4) is 0 Å². The third-order valence-corrected chi connectivity index (χ3v) is 3.99. The van der Waals surface area contributed by atoms with Crippen LogP contribution >= 0.6 is 0 Å². The normalized spacial score (nSPS) is 15.1. The van der Waals surface area contributed by atoms with Gasteiger partial charge in [0.2, 0.25) is 5.91 Å². The predicted octanol–water partition coefficient (Wildman–Crippen LogP) is 1.68. The van der Waals surface area contributed by atoms with Crippen LogP contribution in [0.1, 0.15) is 25.3 Å². The van der Waals surface area contributed by atoms with Crippen LogP contribution in [-0.2, 0) is 4.79 Å². The monoisotopic (exact) mass is 319 g/mol. The lowest BCUT2D eigenvalue weighted by Gasteiger charge is -2.23. The number of nitrogens with zero attached hydrogens (tertiary/aromatic N) is 1. The van der Waals surface area contributed by atoms with E-state index >= 15 is 0 Å². The Balaban J connectivity index is 1.71. The molecule has 2 N–H and O–H groups in total. The van der Waals surface area contributed by atoms with Crippen molar-refractivity contribution in [2.24, 2.45) is 0 Å². The minimum atomic E-state index is -0.408. The van der Waals surface area contributed by atoms with Gasteiger partial charge in [0, 0.05) is 12.6 Å². The number of carbonyl (C=O) groups excluding carboxylic acids is 2. The molecule has 0 spiro atoms. The molecule has 1 saturated carbocycles. The van der Waals surface area contributed by atoms with Crippen LogP contribution in [-0.4, -0.2) is 49.1 Å². The van der Waals surface area contributed by atoms with Gasteiger partial charge in [-0.2, -0.15) is 0 Å². The second-order valence-electron chi connectivity index (χ2n) is 6.01. The number of amides is 3. The highest BCUT2D eigenvalue weighted by molar-refractivity contribution is 5.96. The maximum absolute atomic E-state index is 12.0. The van der Waals surface area contributed by atoms with E-state index in [0.717, 1.165) is 24.2 Å². The first-order chi connectivity index (χ1) is 11.0. The molecule has 0 aliphatic heterocycles. The Labute approximate surface area is 137 Å². The van der Waals surface area contributed by atoms with Crippen LogP contribution in [0.15, 0.2) is 24.3 Å². The number of para-hydroxylation sites is 1. The Morgan fingerprint density at radius 1 is 1.35 bits per heavy atom. The predicted molar refractivity (Wildman–Crippen MR) is 88.5 cm³/mol. The van der Waals surface area contributed by atoms with Crippen LogP contribution in [0, 0.1) is 6.92 Å². The summed E-state index contributed by atoms with van der Waals surface area (Å²) in [5.74, 6) is 0.545. The largest absolute Gasteiger partial charge is 0.492 e. The van der Waals surface area contributed by atoms with Gasteiger partial charge in [0.15, 0.2) is 0 Å². The van der Waals surface area contributed by atoms with E-state index in [-0.39, 0.29) is 11.9 Å². The molecule has 1 aromatic carbocycles. The van der Waals surface area contributed by atoms with E-state index in [1.807, 2.05) is 43.1 Å². The molecule has 1 aliphatic carbocycles. The number of hydrogen-bond acceptors (Lipinski definition) is 4. The molecule has 6 nitrogen and oxygen atoms in total. The number of carbonyl (C=O) groups is 2. The molecule has 1 aromatic rings. The third-order valence-electron chi connectivity index (χ3n) is 3.99. The number of likely N-dealkylation sites (N-methyl/N-ethyl adjacent to an activating group) is 1. The molecular formula is C17H25N3O3. The summed E-state index contributed by atoms with van der Waals surface area (Å²) < 4.78 is 5.73. The van der Waals surface area contributed by atoms with E-state index < -0.39 is 12.1 Å². The first-order valence-electron chi connectivity index (χ1n) is 7.97. The Kier molecular flexibility index (Phi) is 5.98. The van der Waals surface area contributed by atoms with Gasteiger partial charge in [0.25, 0.3) is 0 Å². The molecule has 1 atom stereocenters. The van der Waals surface area contributed by atoms with Crippen molar-refractivity contribution in [3.8, 4) is 5.75 Å². The standard InChI is InChI=1S/C17H25N3O3/c1-12-6-4-5-7-15(12)23-11-10-20(3)13(2)16(21)19-17(22)18-14-8-9-14/h4-7,13-14H,8-11H2,1-3H3,(H2,18,19,21,22). The van der Waals surface area contributed by atoms with Crippen molar-refractivity contribution in [3.05, 3.63) is 29.8 Å². The van der Waals surface area contributed by atoms with Gasteiger partial charge < -0.3 is 10.1 Å². The van der Waals surface area contributed by atoms with Crippen LogP contribution in [0.25, 0.3) is 0 Å². The quantitative estimate of drug-likeness (QED) is 0.802. The van der Waals surface area contributed by atoms with Crippen molar-refractivity contribution < 1.29 is 14.3 Å². The number of benzene rings is 1. The van der Waals surface area contributed by atoms with Gasteiger partial charge in [-0.15, -0.1) is 0 Å². The molecule has 0 aromatic heterocycles. The molecule has 6 heteroatoms. The Bertz CT molecular complexity index is 558. The Morgan fingerprint density at radius 3 is 2.70 bits per heavy atom. The summed E-state index contributed by atoms with van der Waals surface area (Å²) in [6, 6.07) is 7.24. The van der Waals surface area contributed by atoms with Gasteiger partial charge >= 0.3 is 6.03 Å². The van der Waals surface area contributed by atoms with Crippen molar-refractivity contribution in [2.75, 3.05) is 20.2 Å². The molecule has 126 valence electrons. The summed E-state index contributed by atoms with van der Waals surface area (Å²) in [5.41, 5.74) is 1.08. The second-order valence-corrected chi connectivity index (χ2v) is 6.01. The fraction of sp³-hybridized carbons (Fsp3) is 0.529. The molecule has 1 unspecified atom stereocenters. The van der Waals surface area contributed by atoms with Crippen molar-refractivity contribution in [1.82, 2.24) is 15.5 Å². The summed E-state index contributed by atoms with van der Waals surface area (Å²) in [7, 11) is 1.84.